The Morgan fingerprint density at radius 1 is 0.733 bits per heavy atom. The van der Waals surface area contributed by atoms with Crippen molar-refractivity contribution < 1.29 is 9.59 Å². The summed E-state index contributed by atoms with van der Waals surface area (Å²) in [5, 5.41) is 7.41. The summed E-state index contributed by atoms with van der Waals surface area (Å²) in [7, 11) is 0. The van der Waals surface area contributed by atoms with Gasteiger partial charge in [-0.1, -0.05) is 37.4 Å². The first-order valence-electron chi connectivity index (χ1n) is 9.44. The van der Waals surface area contributed by atoms with Crippen molar-refractivity contribution in [1.29, 1.82) is 0 Å². The zero-order valence-corrected chi connectivity index (χ0v) is 16.2. The van der Waals surface area contributed by atoms with Crippen LogP contribution in [0.15, 0.2) is 95.0 Å². The van der Waals surface area contributed by atoms with Crippen molar-refractivity contribution in [3.63, 3.8) is 0 Å². The number of aliphatic imine (C=N–C) groups is 2. The van der Waals surface area contributed by atoms with Gasteiger partial charge in [-0.2, -0.15) is 0 Å². The summed E-state index contributed by atoms with van der Waals surface area (Å²) in [6.45, 7) is 7.79. The number of fused-ring (bicyclic) bond motifs is 1. The summed E-state index contributed by atoms with van der Waals surface area (Å²) < 4.78 is 0. The van der Waals surface area contributed by atoms with Crippen LogP contribution in [0.1, 0.15) is 20.7 Å². The van der Waals surface area contributed by atoms with Gasteiger partial charge in [-0.05, 0) is 58.3 Å². The van der Waals surface area contributed by atoms with Crippen LogP contribution in [0.5, 0.6) is 0 Å². The highest BCUT2D eigenvalue weighted by Crippen LogP contribution is 2.19. The predicted molar refractivity (Wildman–Crippen MR) is 120 cm³/mol. The van der Waals surface area contributed by atoms with E-state index in [2.05, 4.69) is 33.8 Å². The summed E-state index contributed by atoms with van der Waals surface area (Å²) in [4.78, 5) is 33.6. The third kappa shape index (κ3) is 4.03. The molecule has 0 saturated heterocycles. The molecule has 2 aliphatic heterocycles. The average Bonchev–Trinajstić information content (AvgIpc) is 2.76. The van der Waals surface area contributed by atoms with E-state index in [9.17, 15) is 9.59 Å². The molecule has 2 atom stereocenters. The molecule has 6 nitrogen and oxygen atoms in total. The standard InChI is InChI=1S/C24H20N4O2/c1-15-5-3-11-25-21(15)27-23(29)19-9-7-18-14-20(10-8-17(18)13-19)24(30)28-22-16(2)6-4-12-26-22/h3-14,21-22H,1-2H2,(H,27,29)(H,28,30). The minimum absolute atomic E-state index is 0.237. The normalized spacial score (nSPS) is 19.9. The number of amides is 2. The van der Waals surface area contributed by atoms with Crippen LogP contribution in [0.4, 0.5) is 0 Å². The topological polar surface area (TPSA) is 82.9 Å². The number of carbonyl (C=O) groups is 2. The van der Waals surface area contributed by atoms with Gasteiger partial charge in [-0.15, -0.1) is 0 Å². The van der Waals surface area contributed by atoms with E-state index in [1.165, 1.54) is 0 Å². The monoisotopic (exact) mass is 396 g/mol. The first-order valence-corrected chi connectivity index (χ1v) is 9.44. The van der Waals surface area contributed by atoms with Gasteiger partial charge in [-0.3, -0.25) is 19.6 Å². The lowest BCUT2D eigenvalue weighted by Gasteiger charge is -2.17. The van der Waals surface area contributed by atoms with Crippen LogP contribution in [0.3, 0.4) is 0 Å². The number of dihydropyridines is 2. The van der Waals surface area contributed by atoms with Gasteiger partial charge in [-0.25, -0.2) is 0 Å². The van der Waals surface area contributed by atoms with E-state index >= 15 is 0 Å². The molecule has 148 valence electrons. The maximum absolute atomic E-state index is 12.6. The van der Waals surface area contributed by atoms with Gasteiger partial charge in [0.15, 0.2) is 0 Å². The molecule has 2 N–H and O–H groups in total. The quantitative estimate of drug-likeness (QED) is 0.831. The third-order valence-electron chi connectivity index (χ3n) is 4.87. The average molecular weight is 396 g/mol. The van der Waals surface area contributed by atoms with Gasteiger partial charge in [0.2, 0.25) is 0 Å². The van der Waals surface area contributed by atoms with Gasteiger partial charge >= 0.3 is 0 Å². The lowest BCUT2D eigenvalue weighted by Crippen LogP contribution is -2.35. The number of allylic oxidation sites excluding steroid dienone is 2. The van der Waals surface area contributed by atoms with Gasteiger partial charge < -0.3 is 10.6 Å². The van der Waals surface area contributed by atoms with E-state index < -0.39 is 12.3 Å². The lowest BCUT2D eigenvalue weighted by molar-refractivity contribution is 0.0936. The van der Waals surface area contributed by atoms with Crippen LogP contribution in [-0.2, 0) is 0 Å². The number of hydrogen-bond acceptors (Lipinski definition) is 4. The maximum atomic E-state index is 12.6. The fraction of sp³-hybridized carbons (Fsp3) is 0.0833. The van der Waals surface area contributed by atoms with Gasteiger partial charge in [0.05, 0.1) is 0 Å². The maximum Gasteiger partial charge on any atom is 0.253 e. The highest BCUT2D eigenvalue weighted by atomic mass is 16.2. The SMILES string of the molecule is C=C1C=CC=NC1NC(=O)c1ccc2cc(C(=O)NC3N=CC=CC3=C)ccc2c1. The molecule has 2 amide bonds. The van der Waals surface area contributed by atoms with E-state index in [1.54, 1.807) is 48.8 Å². The largest absolute Gasteiger partial charge is 0.326 e. The van der Waals surface area contributed by atoms with E-state index in [4.69, 9.17) is 0 Å². The first-order chi connectivity index (χ1) is 14.5. The van der Waals surface area contributed by atoms with Gasteiger partial charge in [0.25, 0.3) is 11.8 Å². The van der Waals surface area contributed by atoms with Crippen LogP contribution < -0.4 is 10.6 Å². The Morgan fingerprint density at radius 3 is 1.57 bits per heavy atom. The highest BCUT2D eigenvalue weighted by Gasteiger charge is 2.17. The van der Waals surface area contributed by atoms with Gasteiger partial charge in [0, 0.05) is 23.6 Å². The number of benzene rings is 2. The molecular formula is C24H20N4O2. The Balaban J connectivity index is 1.49. The van der Waals surface area contributed by atoms with Crippen LogP contribution in [0.25, 0.3) is 10.8 Å². The molecule has 30 heavy (non-hydrogen) atoms. The third-order valence-corrected chi connectivity index (χ3v) is 4.87. The number of nitrogens with zero attached hydrogens (tertiary/aromatic N) is 2. The number of carbonyl (C=O) groups excluding carboxylic acids is 2. The minimum atomic E-state index is -0.462. The smallest absolute Gasteiger partial charge is 0.253 e. The summed E-state index contributed by atoms with van der Waals surface area (Å²) in [5.74, 6) is -0.474. The molecule has 2 heterocycles. The molecule has 0 saturated carbocycles. The Hall–Kier alpha value is -4.06. The van der Waals surface area contributed by atoms with Gasteiger partial charge in [0.1, 0.15) is 12.3 Å². The number of nitrogens with one attached hydrogen (secondary N) is 2. The van der Waals surface area contributed by atoms with E-state index in [0.29, 0.717) is 11.1 Å². The Bertz CT molecular complexity index is 1090. The molecule has 6 heteroatoms. The molecule has 4 rings (SSSR count). The molecule has 0 fully saturated rings. The fourth-order valence-electron chi connectivity index (χ4n) is 3.18. The van der Waals surface area contributed by atoms with Crippen molar-refractivity contribution in [3.8, 4) is 0 Å². The van der Waals surface area contributed by atoms with Crippen LogP contribution >= 0.6 is 0 Å². The number of hydrogen-bond donors (Lipinski definition) is 2. The van der Waals surface area contributed by atoms with Crippen molar-refractivity contribution in [2.24, 2.45) is 9.98 Å². The molecular weight excluding hydrogens is 376 g/mol. The molecule has 2 aromatic rings. The van der Waals surface area contributed by atoms with Crippen molar-refractivity contribution >= 4 is 35.0 Å². The van der Waals surface area contributed by atoms with Crippen LogP contribution in [0.2, 0.25) is 0 Å². The fourth-order valence-corrected chi connectivity index (χ4v) is 3.18. The van der Waals surface area contributed by atoms with Crippen molar-refractivity contribution in [2.75, 3.05) is 0 Å². The lowest BCUT2D eigenvalue weighted by atomic mass is 10.0. The minimum Gasteiger partial charge on any atom is -0.326 e. The molecule has 0 spiro atoms. The number of rotatable bonds is 4. The summed E-state index contributed by atoms with van der Waals surface area (Å²) in [6, 6.07) is 10.7. The second kappa shape index (κ2) is 8.13. The first kappa shape index (κ1) is 19.3. The van der Waals surface area contributed by atoms with E-state index in [0.717, 1.165) is 21.9 Å². The zero-order valence-electron chi connectivity index (χ0n) is 16.2. The molecule has 2 aliphatic rings. The summed E-state index contributed by atoms with van der Waals surface area (Å²) in [5.41, 5.74) is 2.47. The zero-order chi connectivity index (χ0) is 21.1. The summed E-state index contributed by atoms with van der Waals surface area (Å²) >= 11 is 0. The van der Waals surface area contributed by atoms with Crippen LogP contribution in [-0.4, -0.2) is 36.6 Å². The molecule has 0 aliphatic carbocycles. The molecule has 0 bridgehead atoms. The second-order valence-electron chi connectivity index (χ2n) is 6.99. The Labute approximate surface area is 174 Å². The molecule has 0 radical (unpaired) electrons. The van der Waals surface area contributed by atoms with E-state index in [1.807, 2.05) is 24.3 Å². The van der Waals surface area contributed by atoms with Crippen molar-refractivity contribution in [2.45, 2.75) is 12.3 Å². The second-order valence-corrected chi connectivity index (χ2v) is 6.99. The van der Waals surface area contributed by atoms with E-state index in [-0.39, 0.29) is 11.8 Å². The van der Waals surface area contributed by atoms with Crippen molar-refractivity contribution in [1.82, 2.24) is 10.6 Å². The predicted octanol–water partition coefficient (Wildman–Crippen LogP) is 3.35. The Kier molecular flexibility index (Phi) is 5.22. The summed E-state index contributed by atoms with van der Waals surface area (Å²) in [6.07, 6.45) is 9.54. The molecule has 2 aromatic carbocycles. The molecule has 0 aromatic heterocycles. The van der Waals surface area contributed by atoms with Crippen LogP contribution in [0, 0.1) is 0 Å². The Morgan fingerprint density at radius 2 is 1.17 bits per heavy atom. The highest BCUT2D eigenvalue weighted by molar-refractivity contribution is 6.02. The molecule has 2 unspecified atom stereocenters. The van der Waals surface area contributed by atoms with Crippen molar-refractivity contribution in [3.05, 3.63) is 96.1 Å².